The minimum atomic E-state index is -7.57. The standard InChI is InChI=1S/C14H17ClF12/c1-2-3-4-5-6-7-8-9(16,17)10(18,19)11(20,21)12(22,23)13(24,25)14(15,26)27/h2-8H2,1H3. The Kier molecular flexibility index (Phi) is 8.27. The predicted octanol–water partition coefficient (Wildman–Crippen LogP) is 7.75. The van der Waals surface area contributed by atoms with Crippen LogP contribution in [0, 0.1) is 0 Å². The Bertz CT molecular complexity index is 469. The average molecular weight is 449 g/mol. The molecule has 0 aromatic rings. The SMILES string of the molecule is CCCCCCCCC(F)(F)C(F)(F)C(F)(F)C(F)(F)C(F)(F)C(F)(F)Cl. The molecule has 0 rings (SSSR count). The molecule has 0 saturated heterocycles. The van der Waals surface area contributed by atoms with Gasteiger partial charge in [0.15, 0.2) is 0 Å². The maximum Gasteiger partial charge on any atom is 0.393 e. The smallest absolute Gasteiger partial charge is 0.200 e. The Morgan fingerprint density at radius 3 is 1.30 bits per heavy atom. The van der Waals surface area contributed by atoms with E-state index >= 15 is 0 Å². The van der Waals surface area contributed by atoms with Gasteiger partial charge in [0.25, 0.3) is 0 Å². The molecule has 13 heteroatoms. The summed E-state index contributed by atoms with van der Waals surface area (Å²) >= 11 is 3.59. The van der Waals surface area contributed by atoms with Crippen LogP contribution in [0.2, 0.25) is 0 Å². The molecule has 0 atom stereocenters. The first-order valence-corrected chi connectivity index (χ1v) is 8.15. The Balaban J connectivity index is 5.50. The van der Waals surface area contributed by atoms with E-state index in [0.717, 1.165) is 6.42 Å². The third-order valence-electron chi connectivity index (χ3n) is 3.84. The largest absolute Gasteiger partial charge is 0.393 e. The van der Waals surface area contributed by atoms with Gasteiger partial charge >= 0.3 is 35.0 Å². The van der Waals surface area contributed by atoms with Crippen LogP contribution < -0.4 is 0 Å². The lowest BCUT2D eigenvalue weighted by Crippen LogP contribution is -2.69. The number of unbranched alkanes of at least 4 members (excludes halogenated alkanes) is 5. The number of rotatable bonds is 12. The van der Waals surface area contributed by atoms with Gasteiger partial charge in [0, 0.05) is 6.42 Å². The molecule has 0 fully saturated rings. The molecule has 27 heavy (non-hydrogen) atoms. The molecule has 0 N–H and O–H groups in total. The molecular formula is C14H17ClF12. The van der Waals surface area contributed by atoms with Crippen LogP contribution in [0.15, 0.2) is 0 Å². The molecule has 0 aromatic heterocycles. The molecule has 0 nitrogen and oxygen atoms in total. The fraction of sp³-hybridized carbons (Fsp3) is 1.00. The number of hydrogen-bond acceptors (Lipinski definition) is 0. The van der Waals surface area contributed by atoms with Crippen molar-refractivity contribution in [3.05, 3.63) is 0 Å². The van der Waals surface area contributed by atoms with E-state index in [4.69, 9.17) is 0 Å². The van der Waals surface area contributed by atoms with Crippen molar-refractivity contribution in [2.45, 2.75) is 86.9 Å². The summed E-state index contributed by atoms with van der Waals surface area (Å²) in [6, 6.07) is 0. The summed E-state index contributed by atoms with van der Waals surface area (Å²) in [6.45, 7) is 1.80. The first-order chi connectivity index (χ1) is 11.8. The zero-order chi connectivity index (χ0) is 21.9. The highest BCUT2D eigenvalue weighted by Crippen LogP contribution is 2.61. The molecule has 0 saturated carbocycles. The maximum absolute atomic E-state index is 13.5. The monoisotopic (exact) mass is 448 g/mol. The van der Waals surface area contributed by atoms with Crippen molar-refractivity contribution < 1.29 is 52.7 Å². The molecule has 0 unspecified atom stereocenters. The van der Waals surface area contributed by atoms with E-state index in [1.165, 1.54) is 0 Å². The van der Waals surface area contributed by atoms with Crippen LogP contribution in [-0.2, 0) is 0 Å². The second-order valence-corrected chi connectivity index (χ2v) is 6.49. The van der Waals surface area contributed by atoms with Gasteiger partial charge in [-0.1, -0.05) is 39.0 Å². The molecule has 0 aliphatic heterocycles. The average Bonchev–Trinajstić information content (AvgIpc) is 2.48. The second kappa shape index (κ2) is 8.44. The van der Waals surface area contributed by atoms with Crippen molar-refractivity contribution in [1.29, 1.82) is 0 Å². The third kappa shape index (κ3) is 4.90. The zero-order valence-electron chi connectivity index (χ0n) is 13.9. The fourth-order valence-electron chi connectivity index (χ4n) is 2.09. The predicted molar refractivity (Wildman–Crippen MR) is 73.5 cm³/mol. The summed E-state index contributed by atoms with van der Waals surface area (Å²) in [5, 5.41) is -6.40. The zero-order valence-corrected chi connectivity index (χ0v) is 14.6. The number of alkyl halides is 13. The molecule has 0 aliphatic carbocycles. The van der Waals surface area contributed by atoms with Crippen molar-refractivity contribution in [1.82, 2.24) is 0 Å². The normalized spacial score (nSPS) is 15.3. The van der Waals surface area contributed by atoms with E-state index in [1.54, 1.807) is 6.92 Å². The molecular weight excluding hydrogens is 432 g/mol. The van der Waals surface area contributed by atoms with Crippen LogP contribution in [0.1, 0.15) is 51.9 Å². The summed E-state index contributed by atoms with van der Waals surface area (Å²) in [7, 11) is 0. The molecule has 0 aliphatic rings. The first-order valence-electron chi connectivity index (χ1n) is 7.77. The van der Waals surface area contributed by atoms with Gasteiger partial charge in [-0.15, -0.1) is 0 Å². The van der Waals surface area contributed by atoms with E-state index < -0.39 is 47.8 Å². The highest BCUT2D eigenvalue weighted by Gasteiger charge is 2.89. The number of hydrogen-bond donors (Lipinski definition) is 0. The van der Waals surface area contributed by atoms with Crippen LogP contribution in [0.25, 0.3) is 0 Å². The fourth-order valence-corrected chi connectivity index (χ4v) is 2.21. The Labute approximate surface area is 152 Å². The second-order valence-electron chi connectivity index (χ2n) is 6.02. The van der Waals surface area contributed by atoms with E-state index in [-0.39, 0.29) is 12.8 Å². The molecule has 164 valence electrons. The van der Waals surface area contributed by atoms with Crippen molar-refractivity contribution in [3.63, 3.8) is 0 Å². The number of halogens is 13. The van der Waals surface area contributed by atoms with Crippen molar-refractivity contribution in [3.8, 4) is 0 Å². The molecule has 0 aromatic carbocycles. The lowest BCUT2D eigenvalue weighted by atomic mass is 9.91. The molecule has 0 spiro atoms. The first kappa shape index (κ1) is 26.4. The molecule has 0 bridgehead atoms. The summed E-state index contributed by atoms with van der Waals surface area (Å²) in [4.78, 5) is 0. The van der Waals surface area contributed by atoms with Gasteiger partial charge in [-0.25, -0.2) is 0 Å². The highest BCUT2D eigenvalue weighted by atomic mass is 35.5. The molecule has 0 heterocycles. The van der Waals surface area contributed by atoms with E-state index in [2.05, 4.69) is 11.6 Å². The summed E-state index contributed by atoms with van der Waals surface area (Å²) in [5.41, 5.74) is 0. The molecule has 0 amide bonds. The van der Waals surface area contributed by atoms with Gasteiger partial charge in [0.2, 0.25) is 0 Å². The minimum Gasteiger partial charge on any atom is -0.200 e. The summed E-state index contributed by atoms with van der Waals surface area (Å²) in [6.07, 6.45) is -0.754. The Morgan fingerprint density at radius 2 is 0.889 bits per heavy atom. The van der Waals surface area contributed by atoms with Crippen LogP contribution in [0.4, 0.5) is 52.7 Å². The van der Waals surface area contributed by atoms with Gasteiger partial charge in [-0.2, -0.15) is 52.7 Å². The van der Waals surface area contributed by atoms with E-state index in [9.17, 15) is 52.7 Å². The van der Waals surface area contributed by atoms with Gasteiger partial charge < -0.3 is 0 Å². The van der Waals surface area contributed by atoms with Crippen LogP contribution in [0.5, 0.6) is 0 Å². The lowest BCUT2D eigenvalue weighted by Gasteiger charge is -2.40. The van der Waals surface area contributed by atoms with Crippen LogP contribution in [0.3, 0.4) is 0 Å². The topological polar surface area (TPSA) is 0 Å². The molecule has 0 radical (unpaired) electrons. The highest BCUT2D eigenvalue weighted by molar-refractivity contribution is 6.22. The van der Waals surface area contributed by atoms with E-state index in [1.807, 2.05) is 0 Å². The van der Waals surface area contributed by atoms with Crippen LogP contribution >= 0.6 is 11.6 Å². The summed E-state index contributed by atoms with van der Waals surface area (Å²) in [5.74, 6) is -35.2. The van der Waals surface area contributed by atoms with Crippen molar-refractivity contribution in [2.24, 2.45) is 0 Å². The van der Waals surface area contributed by atoms with Gasteiger partial charge in [0.05, 0.1) is 0 Å². The Hall–Kier alpha value is -0.550. The minimum absolute atomic E-state index is 0.135. The van der Waals surface area contributed by atoms with Crippen molar-refractivity contribution >= 4 is 11.6 Å². The third-order valence-corrected chi connectivity index (χ3v) is 4.08. The Morgan fingerprint density at radius 1 is 0.519 bits per heavy atom. The van der Waals surface area contributed by atoms with E-state index in [0.29, 0.717) is 12.8 Å². The van der Waals surface area contributed by atoms with Gasteiger partial charge in [0.1, 0.15) is 0 Å². The van der Waals surface area contributed by atoms with Gasteiger partial charge in [-0.3, -0.25) is 0 Å². The lowest BCUT2D eigenvalue weighted by molar-refractivity contribution is -0.417. The maximum atomic E-state index is 13.5. The quantitative estimate of drug-likeness (QED) is 0.163. The van der Waals surface area contributed by atoms with Crippen molar-refractivity contribution in [2.75, 3.05) is 0 Å². The van der Waals surface area contributed by atoms with Crippen LogP contribution in [-0.4, -0.2) is 35.0 Å². The van der Waals surface area contributed by atoms with Gasteiger partial charge in [-0.05, 0) is 18.0 Å². The summed E-state index contributed by atoms with van der Waals surface area (Å²) < 4.78 is 157.